The molecule has 8 nitrogen and oxygen atoms in total. The number of pyridine rings is 1. The Morgan fingerprint density at radius 3 is 2.23 bits per heavy atom. The predicted octanol–water partition coefficient (Wildman–Crippen LogP) is 7.41. The van der Waals surface area contributed by atoms with Gasteiger partial charge < -0.3 is 15.5 Å². The van der Waals surface area contributed by atoms with Gasteiger partial charge in [-0.3, -0.25) is 14.6 Å². The summed E-state index contributed by atoms with van der Waals surface area (Å²) < 4.78 is 46.8. The Bertz CT molecular complexity index is 1920. The van der Waals surface area contributed by atoms with Gasteiger partial charge in [-0.1, -0.05) is 45.9 Å². The van der Waals surface area contributed by atoms with Crippen LogP contribution in [0.5, 0.6) is 0 Å². The summed E-state index contributed by atoms with van der Waals surface area (Å²) in [6, 6.07) is 12.9. The predicted molar refractivity (Wildman–Crippen MR) is 173 cm³/mol. The monoisotopic (exact) mass is 661 g/mol. The average molecular weight is 662 g/mol. The van der Waals surface area contributed by atoms with Gasteiger partial charge in [0.2, 0.25) is 11.8 Å². The van der Waals surface area contributed by atoms with Gasteiger partial charge in [-0.25, -0.2) is 13.2 Å². The van der Waals surface area contributed by atoms with E-state index in [1.807, 2.05) is 27.7 Å². The third-order valence-electron chi connectivity index (χ3n) is 7.42. The molecule has 0 aliphatic carbocycles. The molecule has 3 heterocycles. The highest BCUT2D eigenvalue weighted by atomic mass is 32.1. The number of aromatic nitrogens is 3. The lowest BCUT2D eigenvalue weighted by atomic mass is 9.91. The minimum Gasteiger partial charge on any atom is -0.420 e. The average Bonchev–Trinajstić information content (AvgIpc) is 3.71. The van der Waals surface area contributed by atoms with E-state index >= 15 is 0 Å². The van der Waals surface area contributed by atoms with Crippen LogP contribution in [-0.4, -0.2) is 27.0 Å². The zero-order chi connectivity index (χ0) is 33.8. The third kappa shape index (κ3) is 7.76. The van der Waals surface area contributed by atoms with E-state index < -0.39 is 23.4 Å². The van der Waals surface area contributed by atoms with E-state index in [1.165, 1.54) is 18.2 Å². The molecule has 0 aliphatic rings. The number of carbonyl (C=O) groups excluding carboxylic acids is 2. The van der Waals surface area contributed by atoms with E-state index in [9.17, 15) is 22.8 Å². The number of nitrogens with two attached hydrogens (primary N) is 1. The molecule has 47 heavy (non-hydrogen) atoms. The molecule has 3 aromatic heterocycles. The highest BCUT2D eigenvalue weighted by Crippen LogP contribution is 2.42. The van der Waals surface area contributed by atoms with Crippen molar-refractivity contribution in [3.8, 4) is 21.9 Å². The number of hydrogen-bond donors (Lipinski definition) is 2. The summed E-state index contributed by atoms with van der Waals surface area (Å²) in [6.45, 7) is 7.81. The summed E-state index contributed by atoms with van der Waals surface area (Å²) in [4.78, 5) is 32.2. The van der Waals surface area contributed by atoms with Gasteiger partial charge in [0.05, 0.1) is 27.4 Å². The number of aryl methyl sites for hydroxylation is 2. The third-order valence-corrected chi connectivity index (χ3v) is 8.52. The van der Waals surface area contributed by atoms with Gasteiger partial charge in [0.15, 0.2) is 11.6 Å². The van der Waals surface area contributed by atoms with Crippen LogP contribution in [0, 0.1) is 23.4 Å². The number of hydrogen-bond acceptors (Lipinski definition) is 7. The van der Waals surface area contributed by atoms with Crippen LogP contribution < -0.4 is 11.1 Å². The first-order valence-corrected chi connectivity index (χ1v) is 16.0. The van der Waals surface area contributed by atoms with E-state index in [2.05, 4.69) is 15.5 Å². The molecule has 12 heteroatoms. The molecule has 0 saturated carbocycles. The maximum Gasteiger partial charge on any atom is 0.261 e. The lowest BCUT2D eigenvalue weighted by Gasteiger charge is -2.19. The maximum atomic E-state index is 13.7. The Balaban J connectivity index is 1.63. The van der Waals surface area contributed by atoms with Crippen LogP contribution in [0.15, 0.2) is 59.0 Å². The second kappa shape index (κ2) is 14.3. The normalized spacial score (nSPS) is 11.4. The fraction of sp³-hybridized carbons (Fsp3) is 0.286. The van der Waals surface area contributed by atoms with Gasteiger partial charge in [-0.15, -0.1) is 21.5 Å². The minimum atomic E-state index is -1.01. The number of nitrogens with zero attached hydrogens (tertiary/aromatic N) is 3. The highest BCUT2D eigenvalue weighted by Gasteiger charge is 2.30. The van der Waals surface area contributed by atoms with Crippen molar-refractivity contribution < 1.29 is 27.2 Å². The van der Waals surface area contributed by atoms with Gasteiger partial charge in [-0.05, 0) is 72.7 Å². The largest absolute Gasteiger partial charge is 0.420 e. The summed E-state index contributed by atoms with van der Waals surface area (Å²) in [6.07, 6.45) is 1.34. The first-order valence-electron chi connectivity index (χ1n) is 15.2. The fourth-order valence-electron chi connectivity index (χ4n) is 5.14. The van der Waals surface area contributed by atoms with Crippen molar-refractivity contribution in [1.82, 2.24) is 20.5 Å². The number of nitrogens with one attached hydrogen (secondary N) is 1. The summed E-state index contributed by atoms with van der Waals surface area (Å²) in [5.41, 5.74) is 9.47. The van der Waals surface area contributed by atoms with Crippen molar-refractivity contribution in [1.29, 1.82) is 0 Å². The highest BCUT2D eigenvalue weighted by molar-refractivity contribution is 7.17. The fourth-order valence-corrected chi connectivity index (χ4v) is 6.12. The molecule has 5 rings (SSSR count). The van der Waals surface area contributed by atoms with Gasteiger partial charge >= 0.3 is 0 Å². The van der Waals surface area contributed by atoms with Gasteiger partial charge in [-0.2, -0.15) is 0 Å². The van der Waals surface area contributed by atoms with Crippen LogP contribution in [-0.2, 0) is 25.8 Å². The second-order valence-electron chi connectivity index (χ2n) is 11.9. The number of halogens is 3. The lowest BCUT2D eigenvalue weighted by Crippen LogP contribution is -2.21. The topological polar surface area (TPSA) is 124 Å². The zero-order valence-corrected chi connectivity index (χ0v) is 27.2. The van der Waals surface area contributed by atoms with Gasteiger partial charge in [0.25, 0.3) is 11.8 Å². The van der Waals surface area contributed by atoms with Gasteiger partial charge in [0.1, 0.15) is 5.82 Å². The number of benzene rings is 2. The number of primary amides is 1. The molecule has 0 saturated heterocycles. The van der Waals surface area contributed by atoms with E-state index in [-0.39, 0.29) is 35.7 Å². The van der Waals surface area contributed by atoms with Gasteiger partial charge in [0, 0.05) is 22.9 Å². The van der Waals surface area contributed by atoms with E-state index in [0.29, 0.717) is 63.0 Å². The summed E-state index contributed by atoms with van der Waals surface area (Å²) in [7, 11) is 0. The molecule has 5 aromatic rings. The molecule has 0 radical (unpaired) electrons. The van der Waals surface area contributed by atoms with Crippen LogP contribution in [0.1, 0.15) is 82.0 Å². The van der Waals surface area contributed by atoms with Crippen molar-refractivity contribution >= 4 is 23.2 Å². The first-order chi connectivity index (χ1) is 22.4. The van der Waals surface area contributed by atoms with Crippen LogP contribution in [0.25, 0.3) is 21.9 Å². The second-order valence-corrected chi connectivity index (χ2v) is 13.0. The van der Waals surface area contributed by atoms with Crippen molar-refractivity contribution in [2.24, 2.45) is 11.7 Å². The summed E-state index contributed by atoms with van der Waals surface area (Å²) >= 11 is 1.13. The van der Waals surface area contributed by atoms with Crippen molar-refractivity contribution in [2.45, 2.75) is 59.4 Å². The Morgan fingerprint density at radius 1 is 0.872 bits per heavy atom. The molecule has 0 atom stereocenters. The van der Waals surface area contributed by atoms with Crippen molar-refractivity contribution in [3.05, 3.63) is 111 Å². The maximum absolute atomic E-state index is 13.7. The molecule has 0 aliphatic heterocycles. The summed E-state index contributed by atoms with van der Waals surface area (Å²) in [5.74, 6) is -2.86. The van der Waals surface area contributed by atoms with Crippen LogP contribution in [0.2, 0.25) is 0 Å². The molecule has 2 aromatic carbocycles. The van der Waals surface area contributed by atoms with Crippen LogP contribution in [0.3, 0.4) is 0 Å². The Kier molecular flexibility index (Phi) is 10.2. The number of amides is 2. The van der Waals surface area contributed by atoms with Crippen molar-refractivity contribution in [3.63, 3.8) is 0 Å². The minimum absolute atomic E-state index is 0.0255. The van der Waals surface area contributed by atoms with E-state index in [1.54, 1.807) is 24.3 Å². The molecule has 3 N–H and O–H groups in total. The van der Waals surface area contributed by atoms with E-state index in [4.69, 9.17) is 15.1 Å². The van der Waals surface area contributed by atoms with Crippen LogP contribution >= 0.6 is 11.3 Å². The Morgan fingerprint density at radius 2 is 1.60 bits per heavy atom. The molecular weight excluding hydrogens is 627 g/mol. The summed E-state index contributed by atoms with van der Waals surface area (Å²) in [5, 5.41) is 11.3. The number of carbonyl (C=O) groups is 2. The number of rotatable bonds is 12. The molecule has 244 valence electrons. The molecule has 0 fully saturated rings. The molecule has 2 amide bonds. The SMILES string of the molecule is CC(C)Cc1nc(CCc2ccc(F)cc2)c(-c2nnc(C(C)C)o2)c(-c2ccc(C(=O)NCc3ccc(F)c(F)c3)s2)c1C(N)=O. The molecule has 0 unspecified atom stereocenters. The zero-order valence-electron chi connectivity index (χ0n) is 26.4. The standard InChI is InChI=1S/C35H34F3N5O3S/c1-18(2)15-26-29(32(39)44)31(27-13-14-28(47-27)33(45)40-17-21-7-11-23(37)24(38)16-21)30(35-43-42-34(46-35)19(3)4)25(41-26)12-8-20-5-9-22(36)10-6-20/h5-7,9-11,13-14,16,18-19H,8,12,15,17H2,1-4H3,(H2,39,44)(H,40,45). The Hall–Kier alpha value is -4.84. The van der Waals surface area contributed by atoms with Crippen LogP contribution in [0.4, 0.5) is 13.2 Å². The molecule has 0 bridgehead atoms. The Labute approximate surface area is 274 Å². The van der Waals surface area contributed by atoms with Crippen molar-refractivity contribution in [2.75, 3.05) is 0 Å². The first kappa shape index (κ1) is 33.5. The smallest absolute Gasteiger partial charge is 0.261 e. The lowest BCUT2D eigenvalue weighted by molar-refractivity contribution is 0.0953. The molecular formula is C35H34F3N5O3S. The van der Waals surface area contributed by atoms with E-state index in [0.717, 1.165) is 29.0 Å². The molecule has 0 spiro atoms. The number of thiophene rings is 1. The quantitative estimate of drug-likeness (QED) is 0.144.